The number of rotatable bonds is 1. The second-order valence-electron chi connectivity index (χ2n) is 11.2. The molecule has 0 radical (unpaired) electrons. The van der Waals surface area contributed by atoms with Gasteiger partial charge in [0.15, 0.2) is 0 Å². The van der Waals surface area contributed by atoms with Crippen LogP contribution < -0.4 is 0 Å². The summed E-state index contributed by atoms with van der Waals surface area (Å²) in [5, 5.41) is 21.0. The van der Waals surface area contributed by atoms with Gasteiger partial charge in [-0.25, -0.2) is 0 Å². The van der Waals surface area contributed by atoms with Gasteiger partial charge in [-0.2, -0.15) is 5.26 Å². The van der Waals surface area contributed by atoms with Crippen LogP contribution in [0.4, 0.5) is 0 Å². The maximum Gasteiger partial charge on any atom is 0.107 e. The fraction of sp³-hybridized carbons (Fsp3) is 0.957. The highest BCUT2D eigenvalue weighted by Crippen LogP contribution is 2.65. The monoisotopic (exact) mass is 357 g/mol. The predicted molar refractivity (Wildman–Crippen MR) is 100 cm³/mol. The topological polar surface area (TPSA) is 53.2 Å². The number of hydrogen-bond acceptors (Lipinski definition) is 3. The van der Waals surface area contributed by atoms with Gasteiger partial charge in [-0.05, 0) is 99.2 Å². The summed E-state index contributed by atoms with van der Waals surface area (Å²) in [7, 11) is 0. The third-order valence-electron chi connectivity index (χ3n) is 9.66. The first-order valence-corrected chi connectivity index (χ1v) is 11.1. The van der Waals surface area contributed by atoms with Crippen molar-refractivity contribution < 1.29 is 9.84 Å². The van der Waals surface area contributed by atoms with Gasteiger partial charge in [-0.1, -0.05) is 13.3 Å². The third kappa shape index (κ3) is 2.37. The predicted octanol–water partition coefficient (Wildman–Crippen LogP) is 4.55. The molecule has 1 aliphatic heterocycles. The van der Waals surface area contributed by atoms with E-state index in [1.54, 1.807) is 0 Å². The van der Waals surface area contributed by atoms with E-state index in [0.717, 1.165) is 30.6 Å². The summed E-state index contributed by atoms with van der Waals surface area (Å²) < 4.78 is 5.55. The van der Waals surface area contributed by atoms with Crippen molar-refractivity contribution in [2.45, 2.75) is 77.2 Å². The van der Waals surface area contributed by atoms with Crippen LogP contribution in [0.1, 0.15) is 71.6 Å². The number of aliphatic hydroxyl groups is 1. The minimum atomic E-state index is -0.603. The Morgan fingerprint density at radius 2 is 1.77 bits per heavy atom. The van der Waals surface area contributed by atoms with Crippen LogP contribution in [0, 0.1) is 57.7 Å². The molecule has 5 rings (SSSR count). The maximum absolute atomic E-state index is 11.0. The van der Waals surface area contributed by atoms with Gasteiger partial charge in [0.2, 0.25) is 0 Å². The van der Waals surface area contributed by atoms with Gasteiger partial charge in [-0.15, -0.1) is 0 Å². The summed E-state index contributed by atoms with van der Waals surface area (Å²) in [5.74, 6) is 4.16. The highest BCUT2D eigenvalue weighted by atomic mass is 16.5. The molecule has 3 heteroatoms. The molecular formula is C23H35NO2. The van der Waals surface area contributed by atoms with Gasteiger partial charge < -0.3 is 9.84 Å². The molecule has 8 atom stereocenters. The van der Waals surface area contributed by atoms with Crippen molar-refractivity contribution in [3.63, 3.8) is 0 Å². The molecular weight excluding hydrogens is 322 g/mol. The Kier molecular flexibility index (Phi) is 3.84. The van der Waals surface area contributed by atoms with Crippen LogP contribution in [0.3, 0.4) is 0 Å². The zero-order valence-electron chi connectivity index (χ0n) is 16.5. The Balaban J connectivity index is 1.50. The molecule has 0 aromatic heterocycles. The third-order valence-corrected chi connectivity index (χ3v) is 9.66. The van der Waals surface area contributed by atoms with E-state index in [0.29, 0.717) is 36.4 Å². The molecule has 3 nitrogen and oxygen atoms in total. The lowest BCUT2D eigenvalue weighted by Crippen LogP contribution is -2.60. The summed E-state index contributed by atoms with van der Waals surface area (Å²) >= 11 is 0. The van der Waals surface area contributed by atoms with Crippen LogP contribution >= 0.6 is 0 Å². The van der Waals surface area contributed by atoms with E-state index in [2.05, 4.69) is 13.0 Å². The zero-order valence-corrected chi connectivity index (χ0v) is 16.5. The minimum absolute atomic E-state index is 0.327. The molecule has 0 aromatic rings. The highest BCUT2D eigenvalue weighted by Gasteiger charge is 2.61. The minimum Gasteiger partial charge on any atom is -0.390 e. The molecule has 1 N–H and O–H groups in total. The van der Waals surface area contributed by atoms with Crippen LogP contribution in [0.5, 0.6) is 0 Å². The summed E-state index contributed by atoms with van der Waals surface area (Å²) in [6.45, 7) is 5.76. The first kappa shape index (κ1) is 17.5. The standard InChI is InChI=1S/C23H35NO2/c1-21-8-3-4-18(21)16-6-5-15-10-22(2,25)11-19(20(15)17(16)7-9-21)23(12-24)13-26-14-23/h15-20,25H,3-11,13-14H2,1-2H3/t15-,16-,17-,18+,19?,20+,21+,22-/m1/s1. The maximum atomic E-state index is 11.0. The van der Waals surface area contributed by atoms with E-state index >= 15 is 0 Å². The quantitative estimate of drug-likeness (QED) is 0.749. The number of hydrogen-bond donors (Lipinski definition) is 1. The summed E-state index contributed by atoms with van der Waals surface area (Å²) in [4.78, 5) is 0. The fourth-order valence-corrected chi connectivity index (χ4v) is 8.52. The van der Waals surface area contributed by atoms with Gasteiger partial charge in [0.05, 0.1) is 24.9 Å². The smallest absolute Gasteiger partial charge is 0.107 e. The fourth-order valence-electron chi connectivity index (χ4n) is 8.52. The highest BCUT2D eigenvalue weighted by molar-refractivity contribution is 5.15. The Morgan fingerprint density at radius 3 is 2.46 bits per heavy atom. The number of fused-ring (bicyclic) bond motifs is 5. The zero-order chi connectivity index (χ0) is 18.2. The average Bonchev–Trinajstić information content (AvgIpc) is 2.94. The van der Waals surface area contributed by atoms with Crippen molar-refractivity contribution in [1.29, 1.82) is 5.26 Å². The molecule has 5 fully saturated rings. The van der Waals surface area contributed by atoms with Crippen LogP contribution in [0.25, 0.3) is 0 Å². The Hall–Kier alpha value is -0.590. The van der Waals surface area contributed by atoms with Crippen molar-refractivity contribution in [3.05, 3.63) is 0 Å². The van der Waals surface area contributed by atoms with Crippen LogP contribution in [0.15, 0.2) is 0 Å². The van der Waals surface area contributed by atoms with E-state index in [-0.39, 0.29) is 5.41 Å². The second-order valence-corrected chi connectivity index (χ2v) is 11.2. The molecule has 1 heterocycles. The average molecular weight is 358 g/mol. The van der Waals surface area contributed by atoms with Gasteiger partial charge >= 0.3 is 0 Å². The molecule has 0 spiro atoms. The number of nitrogens with zero attached hydrogens (tertiary/aromatic N) is 1. The molecule has 1 unspecified atom stereocenters. The van der Waals surface area contributed by atoms with E-state index < -0.39 is 5.60 Å². The van der Waals surface area contributed by atoms with E-state index in [4.69, 9.17) is 4.74 Å². The van der Waals surface area contributed by atoms with Crippen molar-refractivity contribution in [3.8, 4) is 6.07 Å². The SMILES string of the molecule is C[C@]1(O)CC(C2(C#N)COC2)[C@H]2[C@H](CC[C@@H]3[C@H]2CC[C@]2(C)CCC[C@@H]32)C1. The van der Waals surface area contributed by atoms with Gasteiger partial charge in [-0.3, -0.25) is 0 Å². The van der Waals surface area contributed by atoms with Gasteiger partial charge in [0.25, 0.3) is 0 Å². The summed E-state index contributed by atoms with van der Waals surface area (Å²) in [6, 6.07) is 2.67. The second kappa shape index (κ2) is 5.71. The van der Waals surface area contributed by atoms with Crippen molar-refractivity contribution >= 4 is 0 Å². The van der Waals surface area contributed by atoms with Crippen LogP contribution in [-0.2, 0) is 4.74 Å². The molecule has 0 aromatic carbocycles. The molecule has 1 saturated heterocycles. The lowest BCUT2D eigenvalue weighted by atomic mass is 9.45. The van der Waals surface area contributed by atoms with Crippen molar-refractivity contribution in [1.82, 2.24) is 0 Å². The van der Waals surface area contributed by atoms with E-state index in [1.165, 1.54) is 44.9 Å². The first-order chi connectivity index (χ1) is 12.4. The first-order valence-electron chi connectivity index (χ1n) is 11.1. The molecule has 4 aliphatic carbocycles. The molecule has 0 amide bonds. The van der Waals surface area contributed by atoms with Crippen molar-refractivity contribution in [2.24, 2.45) is 46.3 Å². The van der Waals surface area contributed by atoms with Crippen LogP contribution in [0.2, 0.25) is 0 Å². The molecule has 5 aliphatic rings. The van der Waals surface area contributed by atoms with Crippen molar-refractivity contribution in [2.75, 3.05) is 13.2 Å². The van der Waals surface area contributed by atoms with E-state index in [9.17, 15) is 10.4 Å². The summed E-state index contributed by atoms with van der Waals surface area (Å²) in [6.07, 6.45) is 11.4. The number of ether oxygens (including phenoxy) is 1. The number of nitriles is 1. The van der Waals surface area contributed by atoms with Gasteiger partial charge in [0, 0.05) is 0 Å². The Bertz CT molecular complexity index is 618. The molecule has 4 saturated carbocycles. The summed E-state index contributed by atoms with van der Waals surface area (Å²) in [5.41, 5.74) is -0.337. The largest absolute Gasteiger partial charge is 0.390 e. The molecule has 26 heavy (non-hydrogen) atoms. The normalized spacial score (nSPS) is 55.0. The molecule has 144 valence electrons. The lowest BCUT2D eigenvalue weighted by molar-refractivity contribution is -0.194. The lowest BCUT2D eigenvalue weighted by Gasteiger charge is -2.61. The Labute approximate surface area is 158 Å². The van der Waals surface area contributed by atoms with E-state index in [1.807, 2.05) is 6.92 Å². The Morgan fingerprint density at radius 1 is 0.962 bits per heavy atom. The molecule has 0 bridgehead atoms. The van der Waals surface area contributed by atoms with Gasteiger partial charge in [0.1, 0.15) is 5.41 Å². The van der Waals surface area contributed by atoms with Crippen LogP contribution in [-0.4, -0.2) is 23.9 Å².